The van der Waals surface area contributed by atoms with Gasteiger partial charge in [-0.05, 0) is 83.6 Å². The Balaban J connectivity index is 0.000000204. The second kappa shape index (κ2) is 15.9. The molecule has 6 rings (SSSR count). The Labute approximate surface area is 299 Å². The Bertz CT molecular complexity index is 2380. The third-order valence-corrected chi connectivity index (χ3v) is 8.07. The lowest BCUT2D eigenvalue weighted by atomic mass is 9.99. The summed E-state index contributed by atoms with van der Waals surface area (Å²) in [5, 5.41) is 31.0. The van der Waals surface area contributed by atoms with Gasteiger partial charge in [0.25, 0.3) is 0 Å². The second-order valence-electron chi connectivity index (χ2n) is 11.5. The number of aromatic hydroxyl groups is 2. The van der Waals surface area contributed by atoms with E-state index in [1.807, 2.05) is 0 Å². The Morgan fingerprint density at radius 3 is 1.32 bits per heavy atom. The smallest absolute Gasteiger partial charge is 0.342 e. The largest absolute Gasteiger partial charge is 0.505 e. The molecule has 0 saturated heterocycles. The summed E-state index contributed by atoms with van der Waals surface area (Å²) in [5.74, 6) is -5.63. The number of esters is 3. The van der Waals surface area contributed by atoms with Gasteiger partial charge in [0.2, 0.25) is 0 Å². The average Bonchev–Trinajstić information content (AvgIpc) is 3.15. The minimum atomic E-state index is -1.37. The molecule has 0 spiro atoms. The zero-order valence-electron chi connectivity index (χ0n) is 28.3. The van der Waals surface area contributed by atoms with Crippen LogP contribution in [0.5, 0.6) is 11.5 Å². The lowest BCUT2D eigenvalue weighted by Crippen LogP contribution is -2.12. The number of pyridine rings is 2. The predicted molar refractivity (Wildman–Crippen MR) is 186 cm³/mol. The van der Waals surface area contributed by atoms with Gasteiger partial charge in [0.15, 0.2) is 11.5 Å². The molecule has 53 heavy (non-hydrogen) atoms. The van der Waals surface area contributed by atoms with Gasteiger partial charge in [-0.15, -0.1) is 0 Å². The van der Waals surface area contributed by atoms with Crippen LogP contribution in [0.25, 0.3) is 21.8 Å². The van der Waals surface area contributed by atoms with Gasteiger partial charge in [0.05, 0.1) is 32.5 Å². The van der Waals surface area contributed by atoms with Crippen LogP contribution in [0.2, 0.25) is 0 Å². The molecule has 0 radical (unpaired) electrons. The summed E-state index contributed by atoms with van der Waals surface area (Å²) in [5.41, 5.74) is 2.28. The Morgan fingerprint density at radius 2 is 0.943 bits per heavy atom. The van der Waals surface area contributed by atoms with Gasteiger partial charge in [-0.2, -0.15) is 0 Å². The molecule has 0 aliphatic heterocycles. The highest BCUT2D eigenvalue weighted by molar-refractivity contribution is 6.11. The van der Waals surface area contributed by atoms with Gasteiger partial charge >= 0.3 is 23.9 Å². The van der Waals surface area contributed by atoms with Crippen molar-refractivity contribution < 1.29 is 57.5 Å². The van der Waals surface area contributed by atoms with Crippen LogP contribution in [-0.4, -0.2) is 70.5 Å². The minimum absolute atomic E-state index is 0.0956. The summed E-state index contributed by atoms with van der Waals surface area (Å²) in [6.45, 7) is 0. The fourth-order valence-electron chi connectivity index (χ4n) is 5.54. The summed E-state index contributed by atoms with van der Waals surface area (Å²) in [4.78, 5) is 55.7. The number of rotatable bonds is 8. The SMILES string of the molecule is COC(=O)c1c(C(=O)O)cc2cc(Cc3ccc(F)cc3)cnc2c1O.COC(=O)c1cc2cc(Cc3ccc(F)cc3)cnc2c(O)c1C(=O)OC. The first-order valence-corrected chi connectivity index (χ1v) is 15.6. The van der Waals surface area contributed by atoms with Crippen LogP contribution < -0.4 is 0 Å². The number of aromatic carboxylic acids is 1. The number of carboxylic acids is 1. The molecule has 14 heteroatoms. The van der Waals surface area contributed by atoms with E-state index >= 15 is 0 Å². The lowest BCUT2D eigenvalue weighted by molar-refractivity contribution is 0.0552. The normalized spacial score (nSPS) is 10.7. The van der Waals surface area contributed by atoms with Crippen LogP contribution >= 0.6 is 0 Å². The molecule has 3 N–H and O–H groups in total. The molecule has 0 aliphatic rings. The number of phenolic OH excluding ortho intramolecular Hbond substituents is 2. The number of fused-ring (bicyclic) bond motifs is 2. The zero-order valence-corrected chi connectivity index (χ0v) is 28.3. The number of aromatic nitrogens is 2. The van der Waals surface area contributed by atoms with Crippen LogP contribution in [0.3, 0.4) is 0 Å². The van der Waals surface area contributed by atoms with Crippen molar-refractivity contribution in [3.8, 4) is 11.5 Å². The number of phenols is 2. The van der Waals surface area contributed by atoms with Crippen molar-refractivity contribution in [1.82, 2.24) is 9.97 Å². The number of ether oxygens (including phenoxy) is 3. The Morgan fingerprint density at radius 1 is 0.566 bits per heavy atom. The van der Waals surface area contributed by atoms with Crippen LogP contribution in [0.1, 0.15) is 63.7 Å². The first kappa shape index (κ1) is 37.3. The highest BCUT2D eigenvalue weighted by Crippen LogP contribution is 2.33. The van der Waals surface area contributed by atoms with E-state index in [9.17, 15) is 43.3 Å². The van der Waals surface area contributed by atoms with Gasteiger partial charge in [-0.3, -0.25) is 9.97 Å². The number of carbonyl (C=O) groups is 4. The molecule has 0 unspecified atom stereocenters. The molecule has 0 fully saturated rings. The van der Waals surface area contributed by atoms with Gasteiger partial charge in [-0.25, -0.2) is 28.0 Å². The molecular weight excluding hydrogens is 694 g/mol. The van der Waals surface area contributed by atoms with Crippen molar-refractivity contribution in [3.05, 3.63) is 141 Å². The summed E-state index contributed by atoms with van der Waals surface area (Å²) in [6, 6.07) is 18.1. The first-order valence-electron chi connectivity index (χ1n) is 15.6. The van der Waals surface area contributed by atoms with Gasteiger partial charge in [0, 0.05) is 23.2 Å². The number of halogens is 2. The van der Waals surface area contributed by atoms with E-state index in [0.29, 0.717) is 23.6 Å². The minimum Gasteiger partial charge on any atom is -0.505 e. The number of nitrogens with zero attached hydrogens (tertiary/aromatic N) is 2. The molecule has 2 heterocycles. The standard InChI is InChI=1S/C20H16FNO5.C19H14FNO5/c1-26-19(24)15-9-13-8-12(7-11-3-5-14(21)6-4-11)10-22-17(13)18(23)16(15)20(25)27-2;1-26-19(25)15-14(18(23)24)8-12-7-11(9-21-16(12)17(15)22)6-10-2-4-13(20)5-3-10/h3-6,8-10,23H,7H2,1-2H3;2-5,7-9,22H,6H2,1H3,(H,23,24). The molecule has 0 saturated carbocycles. The Hall–Kier alpha value is -6.96. The summed E-state index contributed by atoms with van der Waals surface area (Å²) in [6.07, 6.45) is 3.98. The van der Waals surface area contributed by atoms with Crippen LogP contribution in [0, 0.1) is 11.6 Å². The quantitative estimate of drug-likeness (QED) is 0.116. The summed E-state index contributed by atoms with van der Waals surface area (Å²) >= 11 is 0. The van der Waals surface area contributed by atoms with Crippen molar-refractivity contribution in [2.24, 2.45) is 0 Å². The zero-order chi connectivity index (χ0) is 38.4. The fourth-order valence-corrected chi connectivity index (χ4v) is 5.54. The van der Waals surface area contributed by atoms with E-state index in [2.05, 4.69) is 19.4 Å². The molecule has 0 bridgehead atoms. The first-order chi connectivity index (χ1) is 25.3. The van der Waals surface area contributed by atoms with Gasteiger partial charge in [-0.1, -0.05) is 24.3 Å². The molecular formula is C39H30F2N2O10. The predicted octanol–water partition coefficient (Wildman–Crippen LogP) is 6.40. The van der Waals surface area contributed by atoms with Crippen molar-refractivity contribution in [1.29, 1.82) is 0 Å². The van der Waals surface area contributed by atoms with Gasteiger partial charge in [0.1, 0.15) is 33.8 Å². The van der Waals surface area contributed by atoms with Crippen molar-refractivity contribution in [3.63, 3.8) is 0 Å². The van der Waals surface area contributed by atoms with E-state index in [-0.39, 0.29) is 39.4 Å². The topological polar surface area (TPSA) is 182 Å². The van der Waals surface area contributed by atoms with Crippen LogP contribution in [-0.2, 0) is 27.1 Å². The molecule has 0 aliphatic carbocycles. The van der Waals surface area contributed by atoms with E-state index in [1.54, 1.807) is 42.6 Å². The highest BCUT2D eigenvalue weighted by Gasteiger charge is 2.26. The molecule has 0 atom stereocenters. The van der Waals surface area contributed by atoms with E-state index in [4.69, 9.17) is 4.74 Å². The maximum absolute atomic E-state index is 13.0. The highest BCUT2D eigenvalue weighted by atomic mass is 19.1. The van der Waals surface area contributed by atoms with Crippen LogP contribution in [0.4, 0.5) is 8.78 Å². The molecule has 12 nitrogen and oxygen atoms in total. The average molecular weight is 725 g/mol. The number of carboxylic acid groups (broad SMARTS) is 1. The number of hydrogen-bond donors (Lipinski definition) is 3. The third kappa shape index (κ3) is 8.17. The van der Waals surface area contributed by atoms with E-state index in [1.165, 1.54) is 49.7 Å². The maximum atomic E-state index is 13.0. The number of methoxy groups -OCH3 is 3. The number of hydrogen-bond acceptors (Lipinski definition) is 11. The second-order valence-corrected chi connectivity index (χ2v) is 11.5. The number of carbonyl (C=O) groups excluding carboxylic acids is 3. The van der Waals surface area contributed by atoms with E-state index in [0.717, 1.165) is 36.5 Å². The lowest BCUT2D eigenvalue weighted by Gasteiger charge is -2.12. The fraction of sp³-hybridized carbons (Fsp3) is 0.128. The van der Waals surface area contributed by atoms with Gasteiger partial charge < -0.3 is 29.5 Å². The van der Waals surface area contributed by atoms with Crippen molar-refractivity contribution in [2.75, 3.05) is 21.3 Å². The molecule has 270 valence electrons. The van der Waals surface area contributed by atoms with E-state index < -0.39 is 40.9 Å². The number of benzene rings is 4. The monoisotopic (exact) mass is 724 g/mol. The molecule has 0 amide bonds. The van der Waals surface area contributed by atoms with Crippen LogP contribution in [0.15, 0.2) is 85.2 Å². The summed E-state index contributed by atoms with van der Waals surface area (Å²) in [7, 11) is 3.41. The molecule has 2 aromatic heterocycles. The third-order valence-electron chi connectivity index (χ3n) is 8.07. The maximum Gasteiger partial charge on any atom is 0.342 e. The van der Waals surface area contributed by atoms with Crippen molar-refractivity contribution >= 4 is 45.7 Å². The molecule has 4 aromatic carbocycles. The molecule has 6 aromatic rings. The Kier molecular flexibility index (Phi) is 11.2. The van der Waals surface area contributed by atoms with Crippen molar-refractivity contribution in [2.45, 2.75) is 12.8 Å². The summed E-state index contributed by atoms with van der Waals surface area (Å²) < 4.78 is 39.9.